The van der Waals surface area contributed by atoms with Crippen molar-refractivity contribution in [2.75, 3.05) is 0 Å². The van der Waals surface area contributed by atoms with Crippen LogP contribution >= 0.6 is 0 Å². The highest BCUT2D eigenvalue weighted by molar-refractivity contribution is 5.74. The van der Waals surface area contributed by atoms with Crippen molar-refractivity contribution in [2.24, 2.45) is 0 Å². The number of nitrogens with zero attached hydrogens (tertiary/aromatic N) is 3. The SMILES string of the molecule is CC(CC=O)n1nnc2ccccc21. The summed E-state index contributed by atoms with van der Waals surface area (Å²) in [5, 5.41) is 8.04. The van der Waals surface area contributed by atoms with E-state index in [1.165, 1.54) is 0 Å². The van der Waals surface area contributed by atoms with Crippen LogP contribution in [0.3, 0.4) is 0 Å². The third-order valence-corrected chi connectivity index (χ3v) is 2.23. The van der Waals surface area contributed by atoms with Crippen molar-refractivity contribution >= 4 is 17.3 Å². The zero-order chi connectivity index (χ0) is 9.97. The summed E-state index contributed by atoms with van der Waals surface area (Å²) < 4.78 is 1.78. The van der Waals surface area contributed by atoms with Gasteiger partial charge in [0.2, 0.25) is 0 Å². The number of carbonyl (C=O) groups excluding carboxylic acids is 1. The Bertz CT molecular complexity index is 449. The number of benzene rings is 1. The summed E-state index contributed by atoms with van der Waals surface area (Å²) in [7, 11) is 0. The van der Waals surface area contributed by atoms with Gasteiger partial charge in [0.1, 0.15) is 11.8 Å². The second-order valence-electron chi connectivity index (χ2n) is 3.27. The minimum atomic E-state index is 0.0694. The molecule has 2 rings (SSSR count). The maximum atomic E-state index is 10.4. The third-order valence-electron chi connectivity index (χ3n) is 2.23. The van der Waals surface area contributed by atoms with Crippen LogP contribution in [0.25, 0.3) is 11.0 Å². The Labute approximate surface area is 81.5 Å². The van der Waals surface area contributed by atoms with Crippen molar-refractivity contribution in [3.63, 3.8) is 0 Å². The number of fused-ring (bicyclic) bond motifs is 1. The summed E-state index contributed by atoms with van der Waals surface area (Å²) in [6.07, 6.45) is 1.37. The van der Waals surface area contributed by atoms with E-state index in [1.807, 2.05) is 31.2 Å². The molecule has 0 bridgehead atoms. The fourth-order valence-corrected chi connectivity index (χ4v) is 1.45. The van der Waals surface area contributed by atoms with Crippen LogP contribution in [0.15, 0.2) is 24.3 Å². The number of carbonyl (C=O) groups is 1. The topological polar surface area (TPSA) is 47.8 Å². The second-order valence-corrected chi connectivity index (χ2v) is 3.27. The molecule has 0 aliphatic rings. The van der Waals surface area contributed by atoms with Crippen molar-refractivity contribution in [3.8, 4) is 0 Å². The van der Waals surface area contributed by atoms with E-state index in [-0.39, 0.29) is 6.04 Å². The molecule has 0 N–H and O–H groups in total. The molecular formula is C10H11N3O. The van der Waals surface area contributed by atoms with Crippen LogP contribution in [0, 0.1) is 0 Å². The number of aldehydes is 1. The van der Waals surface area contributed by atoms with Crippen molar-refractivity contribution in [2.45, 2.75) is 19.4 Å². The lowest BCUT2D eigenvalue weighted by molar-refractivity contribution is -0.108. The molecule has 1 aromatic carbocycles. The molecule has 1 heterocycles. The van der Waals surface area contributed by atoms with Gasteiger partial charge in [-0.2, -0.15) is 0 Å². The van der Waals surface area contributed by atoms with Gasteiger partial charge >= 0.3 is 0 Å². The Morgan fingerprint density at radius 3 is 3.07 bits per heavy atom. The monoisotopic (exact) mass is 189 g/mol. The molecule has 4 heteroatoms. The Balaban J connectivity index is 2.47. The molecule has 2 aromatic rings. The number of hydrogen-bond acceptors (Lipinski definition) is 3. The van der Waals surface area contributed by atoms with Crippen LogP contribution < -0.4 is 0 Å². The average Bonchev–Trinajstić information content (AvgIpc) is 2.61. The largest absolute Gasteiger partial charge is 0.303 e. The Kier molecular flexibility index (Phi) is 2.26. The molecule has 14 heavy (non-hydrogen) atoms. The molecule has 0 saturated carbocycles. The highest BCUT2D eigenvalue weighted by Crippen LogP contribution is 2.16. The molecule has 0 saturated heterocycles. The third kappa shape index (κ3) is 1.39. The minimum Gasteiger partial charge on any atom is -0.303 e. The van der Waals surface area contributed by atoms with Gasteiger partial charge in [0.05, 0.1) is 11.6 Å². The molecule has 1 atom stereocenters. The summed E-state index contributed by atoms with van der Waals surface area (Å²) >= 11 is 0. The van der Waals surface area contributed by atoms with Crippen molar-refractivity contribution in [1.29, 1.82) is 0 Å². The van der Waals surface area contributed by atoms with Gasteiger partial charge in [-0.3, -0.25) is 0 Å². The lowest BCUT2D eigenvalue weighted by Crippen LogP contribution is -2.07. The van der Waals surface area contributed by atoms with Crippen LogP contribution in [0.4, 0.5) is 0 Å². The molecule has 0 aliphatic carbocycles. The van der Waals surface area contributed by atoms with Gasteiger partial charge < -0.3 is 4.79 Å². The van der Waals surface area contributed by atoms with Gasteiger partial charge in [-0.1, -0.05) is 17.3 Å². The van der Waals surface area contributed by atoms with E-state index in [9.17, 15) is 4.79 Å². The highest BCUT2D eigenvalue weighted by Gasteiger charge is 2.09. The minimum absolute atomic E-state index is 0.0694. The van der Waals surface area contributed by atoms with Gasteiger partial charge in [-0.15, -0.1) is 5.10 Å². The number of aromatic nitrogens is 3. The zero-order valence-corrected chi connectivity index (χ0v) is 7.92. The van der Waals surface area contributed by atoms with Crippen LogP contribution in [-0.2, 0) is 4.79 Å². The first-order chi connectivity index (χ1) is 6.83. The molecule has 0 radical (unpaired) electrons. The predicted octanol–water partition coefficient (Wildman–Crippen LogP) is 1.58. The zero-order valence-electron chi connectivity index (χ0n) is 7.92. The number of rotatable bonds is 3. The fourth-order valence-electron chi connectivity index (χ4n) is 1.45. The van der Waals surface area contributed by atoms with E-state index in [0.717, 1.165) is 17.3 Å². The van der Waals surface area contributed by atoms with Gasteiger partial charge in [0.15, 0.2) is 0 Å². The maximum absolute atomic E-state index is 10.4. The first-order valence-electron chi connectivity index (χ1n) is 4.56. The molecular weight excluding hydrogens is 178 g/mol. The van der Waals surface area contributed by atoms with Gasteiger partial charge in [-0.05, 0) is 19.1 Å². The summed E-state index contributed by atoms with van der Waals surface area (Å²) in [6.45, 7) is 1.95. The number of hydrogen-bond donors (Lipinski definition) is 0. The van der Waals surface area contributed by atoms with Gasteiger partial charge in [0, 0.05) is 6.42 Å². The summed E-state index contributed by atoms with van der Waals surface area (Å²) in [5.41, 5.74) is 1.84. The molecule has 1 aromatic heterocycles. The van der Waals surface area contributed by atoms with Crippen LogP contribution in [0.1, 0.15) is 19.4 Å². The second kappa shape index (κ2) is 3.57. The quantitative estimate of drug-likeness (QED) is 0.689. The fraction of sp³-hybridized carbons (Fsp3) is 0.300. The Hall–Kier alpha value is -1.71. The molecule has 0 aliphatic heterocycles. The lowest BCUT2D eigenvalue weighted by Gasteiger charge is -2.07. The highest BCUT2D eigenvalue weighted by atomic mass is 16.1. The van der Waals surface area contributed by atoms with E-state index in [2.05, 4.69) is 10.3 Å². The van der Waals surface area contributed by atoms with Crippen molar-refractivity contribution < 1.29 is 4.79 Å². The number of para-hydroxylation sites is 1. The van der Waals surface area contributed by atoms with Crippen molar-refractivity contribution in [3.05, 3.63) is 24.3 Å². The standard InChI is InChI=1S/C10H11N3O/c1-8(6-7-14)13-10-5-3-2-4-9(10)11-12-13/h2-5,7-8H,6H2,1H3. The smallest absolute Gasteiger partial charge is 0.122 e. The van der Waals surface area contributed by atoms with E-state index < -0.39 is 0 Å². The van der Waals surface area contributed by atoms with Crippen LogP contribution in [-0.4, -0.2) is 21.3 Å². The molecule has 0 amide bonds. The van der Waals surface area contributed by atoms with Gasteiger partial charge in [-0.25, -0.2) is 4.68 Å². The van der Waals surface area contributed by atoms with Crippen LogP contribution in [0.5, 0.6) is 0 Å². The Morgan fingerprint density at radius 1 is 1.50 bits per heavy atom. The normalized spacial score (nSPS) is 12.9. The van der Waals surface area contributed by atoms with Crippen LogP contribution in [0.2, 0.25) is 0 Å². The molecule has 1 unspecified atom stereocenters. The van der Waals surface area contributed by atoms with Crippen molar-refractivity contribution in [1.82, 2.24) is 15.0 Å². The van der Waals surface area contributed by atoms with E-state index >= 15 is 0 Å². The average molecular weight is 189 g/mol. The molecule has 4 nitrogen and oxygen atoms in total. The lowest BCUT2D eigenvalue weighted by atomic mass is 10.2. The summed E-state index contributed by atoms with van der Waals surface area (Å²) in [5.74, 6) is 0. The molecule has 0 fully saturated rings. The predicted molar refractivity (Wildman–Crippen MR) is 52.9 cm³/mol. The Morgan fingerprint density at radius 2 is 2.29 bits per heavy atom. The van der Waals surface area contributed by atoms with E-state index in [4.69, 9.17) is 0 Å². The maximum Gasteiger partial charge on any atom is 0.122 e. The van der Waals surface area contributed by atoms with Gasteiger partial charge in [0.25, 0.3) is 0 Å². The first kappa shape index (κ1) is 8.87. The summed E-state index contributed by atoms with van der Waals surface area (Å²) in [6, 6.07) is 7.80. The first-order valence-corrected chi connectivity index (χ1v) is 4.56. The summed E-state index contributed by atoms with van der Waals surface area (Å²) in [4.78, 5) is 10.4. The van der Waals surface area contributed by atoms with E-state index in [1.54, 1.807) is 4.68 Å². The van der Waals surface area contributed by atoms with E-state index in [0.29, 0.717) is 6.42 Å². The molecule has 0 spiro atoms. The molecule has 72 valence electrons.